The standard InChI is InChI=1S/C13H24BrNO2/c1-8(5-6-14)7-15-13(16)12-9(2)10(3)17-11(12)4/h8-12H,5-7H2,1-4H3,(H,15,16). The number of hydrogen-bond acceptors (Lipinski definition) is 2. The van der Waals surface area contributed by atoms with Gasteiger partial charge in [-0.15, -0.1) is 0 Å². The molecule has 3 nitrogen and oxygen atoms in total. The Morgan fingerprint density at radius 2 is 2.00 bits per heavy atom. The predicted octanol–water partition coefficient (Wildman–Crippen LogP) is 2.58. The number of carbonyl (C=O) groups excluding carboxylic acids is 1. The largest absolute Gasteiger partial charge is 0.374 e. The normalized spacial score (nSPS) is 34.6. The molecular formula is C13H24BrNO2. The summed E-state index contributed by atoms with van der Waals surface area (Å²) in [7, 11) is 0. The van der Waals surface area contributed by atoms with Gasteiger partial charge in [0.25, 0.3) is 0 Å². The lowest BCUT2D eigenvalue weighted by atomic mass is 9.88. The van der Waals surface area contributed by atoms with E-state index in [4.69, 9.17) is 4.74 Å². The van der Waals surface area contributed by atoms with E-state index >= 15 is 0 Å². The first kappa shape index (κ1) is 15.0. The number of ether oxygens (including phenoxy) is 1. The molecule has 0 aromatic heterocycles. The monoisotopic (exact) mass is 305 g/mol. The minimum Gasteiger partial charge on any atom is -0.374 e. The van der Waals surface area contributed by atoms with Crippen LogP contribution >= 0.6 is 15.9 Å². The van der Waals surface area contributed by atoms with Crippen molar-refractivity contribution in [1.82, 2.24) is 5.32 Å². The van der Waals surface area contributed by atoms with Crippen LogP contribution in [-0.4, -0.2) is 30.0 Å². The molecule has 1 N–H and O–H groups in total. The minimum absolute atomic E-state index is 0.00108. The summed E-state index contributed by atoms with van der Waals surface area (Å²) in [4.78, 5) is 12.1. The Labute approximate surface area is 113 Å². The van der Waals surface area contributed by atoms with Gasteiger partial charge in [-0.3, -0.25) is 4.79 Å². The molecule has 5 atom stereocenters. The van der Waals surface area contributed by atoms with Crippen LogP contribution in [0.1, 0.15) is 34.1 Å². The molecule has 0 aromatic rings. The predicted molar refractivity (Wildman–Crippen MR) is 73.2 cm³/mol. The zero-order valence-electron chi connectivity index (χ0n) is 11.2. The molecule has 0 aromatic carbocycles. The van der Waals surface area contributed by atoms with E-state index in [0.717, 1.165) is 18.3 Å². The highest BCUT2D eigenvalue weighted by Crippen LogP contribution is 2.32. The van der Waals surface area contributed by atoms with E-state index < -0.39 is 0 Å². The molecule has 4 heteroatoms. The van der Waals surface area contributed by atoms with Gasteiger partial charge in [-0.25, -0.2) is 0 Å². The van der Waals surface area contributed by atoms with Gasteiger partial charge in [-0.2, -0.15) is 0 Å². The maximum Gasteiger partial charge on any atom is 0.226 e. The smallest absolute Gasteiger partial charge is 0.226 e. The lowest BCUT2D eigenvalue weighted by molar-refractivity contribution is -0.127. The van der Waals surface area contributed by atoms with Gasteiger partial charge in [0.2, 0.25) is 5.91 Å². The van der Waals surface area contributed by atoms with Crippen LogP contribution in [0.2, 0.25) is 0 Å². The summed E-state index contributed by atoms with van der Waals surface area (Å²) in [6.45, 7) is 9.05. The fourth-order valence-electron chi connectivity index (χ4n) is 2.40. The van der Waals surface area contributed by atoms with Crippen molar-refractivity contribution in [2.45, 2.75) is 46.3 Å². The van der Waals surface area contributed by atoms with Crippen molar-refractivity contribution in [3.05, 3.63) is 0 Å². The summed E-state index contributed by atoms with van der Waals surface area (Å²) >= 11 is 3.42. The Balaban J connectivity index is 2.42. The summed E-state index contributed by atoms with van der Waals surface area (Å²) < 4.78 is 5.69. The van der Waals surface area contributed by atoms with Gasteiger partial charge in [0.15, 0.2) is 0 Å². The summed E-state index contributed by atoms with van der Waals surface area (Å²) in [5.74, 6) is 0.970. The van der Waals surface area contributed by atoms with E-state index in [2.05, 4.69) is 35.1 Å². The Hall–Kier alpha value is -0.0900. The van der Waals surface area contributed by atoms with Crippen LogP contribution in [0.3, 0.4) is 0 Å². The highest BCUT2D eigenvalue weighted by molar-refractivity contribution is 9.09. The zero-order valence-corrected chi connectivity index (χ0v) is 12.8. The lowest BCUT2D eigenvalue weighted by Gasteiger charge is -2.19. The van der Waals surface area contributed by atoms with Gasteiger partial charge in [0, 0.05) is 11.9 Å². The van der Waals surface area contributed by atoms with Crippen LogP contribution in [0.4, 0.5) is 0 Å². The fourth-order valence-corrected chi connectivity index (χ4v) is 3.18. The third kappa shape index (κ3) is 3.95. The molecule has 0 saturated carbocycles. The third-order valence-corrected chi connectivity index (χ3v) is 4.23. The van der Waals surface area contributed by atoms with E-state index in [0.29, 0.717) is 11.8 Å². The lowest BCUT2D eigenvalue weighted by Crippen LogP contribution is -2.39. The average Bonchev–Trinajstić information content (AvgIpc) is 2.50. The molecule has 0 aliphatic carbocycles. The second-order valence-electron chi connectivity index (χ2n) is 5.26. The molecule has 1 rings (SSSR count). The molecular weight excluding hydrogens is 282 g/mol. The van der Waals surface area contributed by atoms with Gasteiger partial charge in [-0.05, 0) is 32.1 Å². The Morgan fingerprint density at radius 1 is 1.35 bits per heavy atom. The summed E-state index contributed by atoms with van der Waals surface area (Å²) in [6.07, 6.45) is 1.30. The number of amides is 1. The highest BCUT2D eigenvalue weighted by atomic mass is 79.9. The second kappa shape index (κ2) is 6.74. The minimum atomic E-state index is 0.00108. The third-order valence-electron chi connectivity index (χ3n) is 3.77. The van der Waals surface area contributed by atoms with E-state index in [9.17, 15) is 4.79 Å². The molecule has 0 spiro atoms. The zero-order chi connectivity index (χ0) is 13.0. The van der Waals surface area contributed by atoms with Gasteiger partial charge in [0.05, 0.1) is 18.1 Å². The molecule has 1 fully saturated rings. The van der Waals surface area contributed by atoms with E-state index in [1.807, 2.05) is 13.8 Å². The number of carbonyl (C=O) groups is 1. The topological polar surface area (TPSA) is 38.3 Å². The maximum atomic E-state index is 12.1. The van der Waals surface area contributed by atoms with Crippen molar-refractivity contribution in [3.63, 3.8) is 0 Å². The molecule has 1 aliphatic rings. The Kier molecular flexibility index (Phi) is 5.93. The summed E-state index contributed by atoms with van der Waals surface area (Å²) in [5, 5.41) is 4.04. The van der Waals surface area contributed by atoms with Crippen molar-refractivity contribution < 1.29 is 9.53 Å². The van der Waals surface area contributed by atoms with Crippen LogP contribution in [0.15, 0.2) is 0 Å². The Bertz CT molecular complexity index is 260. The SMILES string of the molecule is CC(CCBr)CNC(=O)C1C(C)OC(C)C1C. The van der Waals surface area contributed by atoms with Crippen molar-refractivity contribution in [2.24, 2.45) is 17.8 Å². The number of alkyl halides is 1. The van der Waals surface area contributed by atoms with Crippen molar-refractivity contribution in [3.8, 4) is 0 Å². The molecule has 100 valence electrons. The second-order valence-corrected chi connectivity index (χ2v) is 6.05. The number of halogens is 1. The maximum absolute atomic E-state index is 12.1. The van der Waals surface area contributed by atoms with E-state index in [1.54, 1.807) is 0 Å². The van der Waals surface area contributed by atoms with E-state index in [1.165, 1.54) is 0 Å². The van der Waals surface area contributed by atoms with Crippen LogP contribution in [0.25, 0.3) is 0 Å². The first-order valence-electron chi connectivity index (χ1n) is 6.46. The Morgan fingerprint density at radius 3 is 2.47 bits per heavy atom. The van der Waals surface area contributed by atoms with Gasteiger partial charge < -0.3 is 10.1 Å². The molecule has 1 heterocycles. The van der Waals surface area contributed by atoms with Crippen molar-refractivity contribution in [2.75, 3.05) is 11.9 Å². The molecule has 17 heavy (non-hydrogen) atoms. The molecule has 1 amide bonds. The molecule has 5 unspecified atom stereocenters. The van der Waals surface area contributed by atoms with Gasteiger partial charge in [-0.1, -0.05) is 29.8 Å². The summed E-state index contributed by atoms with van der Waals surface area (Å²) in [6, 6.07) is 0. The van der Waals surface area contributed by atoms with Crippen LogP contribution in [-0.2, 0) is 9.53 Å². The average molecular weight is 306 g/mol. The number of hydrogen-bond donors (Lipinski definition) is 1. The molecule has 0 radical (unpaired) electrons. The fraction of sp³-hybridized carbons (Fsp3) is 0.923. The quantitative estimate of drug-likeness (QED) is 0.793. The first-order valence-corrected chi connectivity index (χ1v) is 7.58. The number of rotatable bonds is 5. The van der Waals surface area contributed by atoms with Crippen molar-refractivity contribution in [1.29, 1.82) is 0 Å². The van der Waals surface area contributed by atoms with Gasteiger partial charge in [0.1, 0.15) is 0 Å². The van der Waals surface area contributed by atoms with Crippen LogP contribution in [0.5, 0.6) is 0 Å². The van der Waals surface area contributed by atoms with Crippen molar-refractivity contribution >= 4 is 21.8 Å². The molecule has 1 saturated heterocycles. The molecule has 0 bridgehead atoms. The highest BCUT2D eigenvalue weighted by Gasteiger charge is 2.41. The van der Waals surface area contributed by atoms with E-state index in [-0.39, 0.29) is 24.0 Å². The van der Waals surface area contributed by atoms with Crippen LogP contribution < -0.4 is 5.32 Å². The van der Waals surface area contributed by atoms with Crippen LogP contribution in [0, 0.1) is 17.8 Å². The first-order chi connectivity index (χ1) is 7.97. The van der Waals surface area contributed by atoms with Gasteiger partial charge >= 0.3 is 0 Å². The number of nitrogens with one attached hydrogen (secondary N) is 1. The summed E-state index contributed by atoms with van der Waals surface area (Å²) in [5.41, 5.74) is 0. The molecule has 1 aliphatic heterocycles.